The van der Waals surface area contributed by atoms with Gasteiger partial charge in [0.2, 0.25) is 0 Å². The molecule has 3 heterocycles. The molecule has 10 nitrogen and oxygen atoms in total. The van der Waals surface area contributed by atoms with Crippen LogP contribution in [0.1, 0.15) is 17.3 Å². The molecule has 34 heavy (non-hydrogen) atoms. The second-order valence-electron chi connectivity index (χ2n) is 7.74. The van der Waals surface area contributed by atoms with Crippen LogP contribution in [0.2, 0.25) is 0 Å². The minimum Gasteiger partial charge on any atom is -0.396 e. The van der Waals surface area contributed by atoms with Gasteiger partial charge in [-0.1, -0.05) is 19.1 Å². The van der Waals surface area contributed by atoms with Crippen LogP contribution in [-0.2, 0) is 0 Å². The molecule has 0 fully saturated rings. The zero-order valence-corrected chi connectivity index (χ0v) is 18.6. The van der Waals surface area contributed by atoms with Crippen molar-refractivity contribution in [3.63, 3.8) is 0 Å². The van der Waals surface area contributed by atoms with E-state index >= 15 is 0 Å². The number of nitrogens with one attached hydrogen (secondary N) is 3. The fourth-order valence-corrected chi connectivity index (χ4v) is 3.36. The van der Waals surface area contributed by atoms with Crippen molar-refractivity contribution < 1.29 is 14.3 Å². The number of fused-ring (bicyclic) bond motifs is 1. The third kappa shape index (κ3) is 4.46. The van der Waals surface area contributed by atoms with E-state index in [1.165, 1.54) is 33.6 Å². The van der Waals surface area contributed by atoms with E-state index in [4.69, 9.17) is 0 Å². The van der Waals surface area contributed by atoms with Crippen LogP contribution < -0.4 is 21.5 Å². The van der Waals surface area contributed by atoms with Crippen LogP contribution in [-0.4, -0.2) is 50.4 Å². The Kier molecular flexibility index (Phi) is 6.55. The van der Waals surface area contributed by atoms with Crippen molar-refractivity contribution in [2.45, 2.75) is 6.92 Å². The van der Waals surface area contributed by atoms with Crippen LogP contribution in [0.15, 0.2) is 59.7 Å². The molecule has 1 atom stereocenters. The molecular weight excluding hydrogens is 441 g/mol. The van der Waals surface area contributed by atoms with Crippen molar-refractivity contribution in [3.05, 3.63) is 76.6 Å². The molecule has 1 aromatic carbocycles. The summed E-state index contributed by atoms with van der Waals surface area (Å²) in [6.07, 6.45) is 2.88. The van der Waals surface area contributed by atoms with Gasteiger partial charge in [0.15, 0.2) is 5.65 Å². The molecule has 4 rings (SSSR count). The van der Waals surface area contributed by atoms with Crippen LogP contribution in [0.25, 0.3) is 11.3 Å². The molecule has 0 saturated heterocycles. The Labute approximate surface area is 194 Å². The van der Waals surface area contributed by atoms with E-state index in [1.807, 2.05) is 6.92 Å². The minimum absolute atomic E-state index is 0.0489. The van der Waals surface area contributed by atoms with Crippen molar-refractivity contribution in [2.75, 3.05) is 30.8 Å². The van der Waals surface area contributed by atoms with E-state index in [0.29, 0.717) is 18.2 Å². The van der Waals surface area contributed by atoms with E-state index < -0.39 is 11.4 Å². The van der Waals surface area contributed by atoms with Gasteiger partial charge in [0, 0.05) is 32.5 Å². The molecule has 4 N–H and O–H groups in total. The number of hydrogen-bond donors (Lipinski definition) is 4. The molecule has 4 aromatic rings. The first-order valence-corrected chi connectivity index (χ1v) is 10.6. The van der Waals surface area contributed by atoms with Gasteiger partial charge >= 0.3 is 0 Å². The molecular formula is C23H24FN7O3. The van der Waals surface area contributed by atoms with Crippen molar-refractivity contribution in [1.82, 2.24) is 24.5 Å². The lowest BCUT2D eigenvalue weighted by Gasteiger charge is -2.12. The summed E-state index contributed by atoms with van der Waals surface area (Å²) in [4.78, 5) is 30.2. The smallest absolute Gasteiger partial charge is 0.278 e. The van der Waals surface area contributed by atoms with Crippen molar-refractivity contribution >= 4 is 28.9 Å². The number of halogens is 1. The number of nitrogens with zero attached hydrogens (tertiary/aromatic N) is 4. The maximum Gasteiger partial charge on any atom is 0.278 e. The first-order chi connectivity index (χ1) is 16.4. The van der Waals surface area contributed by atoms with Gasteiger partial charge in [-0.2, -0.15) is 9.61 Å². The van der Waals surface area contributed by atoms with Crippen molar-refractivity contribution in [2.24, 2.45) is 5.92 Å². The van der Waals surface area contributed by atoms with Crippen LogP contribution in [0, 0.1) is 11.7 Å². The van der Waals surface area contributed by atoms with Gasteiger partial charge in [0.1, 0.15) is 28.7 Å². The fourth-order valence-electron chi connectivity index (χ4n) is 3.36. The zero-order chi connectivity index (χ0) is 24.2. The number of amides is 1. The number of pyridine rings is 1. The number of carbonyl (C=O) groups excluding carboxylic acids is 1. The van der Waals surface area contributed by atoms with E-state index in [1.54, 1.807) is 37.4 Å². The lowest BCUT2D eigenvalue weighted by Crippen LogP contribution is -2.29. The third-order valence-corrected chi connectivity index (χ3v) is 5.22. The summed E-state index contributed by atoms with van der Waals surface area (Å²) in [5, 5.41) is 22.1. The van der Waals surface area contributed by atoms with Crippen LogP contribution in [0.5, 0.6) is 0 Å². The van der Waals surface area contributed by atoms with E-state index in [9.17, 15) is 19.1 Å². The van der Waals surface area contributed by atoms with E-state index in [0.717, 1.165) is 0 Å². The van der Waals surface area contributed by atoms with Gasteiger partial charge < -0.3 is 21.1 Å². The maximum absolute atomic E-state index is 14.2. The molecule has 11 heteroatoms. The Morgan fingerprint density at radius 1 is 1.24 bits per heavy atom. The minimum atomic E-state index is -0.524. The molecule has 0 aliphatic heterocycles. The molecule has 0 spiro atoms. The predicted octanol–water partition coefficient (Wildman–Crippen LogP) is 2.16. The summed E-state index contributed by atoms with van der Waals surface area (Å²) in [6, 6.07) is 10.8. The average Bonchev–Trinajstić information content (AvgIpc) is 3.27. The lowest BCUT2D eigenvalue weighted by molar-refractivity contribution is 0.0943. The van der Waals surface area contributed by atoms with Crippen molar-refractivity contribution in [3.8, 4) is 5.69 Å². The molecule has 1 amide bonds. The first kappa shape index (κ1) is 22.9. The van der Waals surface area contributed by atoms with Crippen molar-refractivity contribution in [1.29, 1.82) is 0 Å². The topological polar surface area (TPSA) is 126 Å². The Bertz CT molecular complexity index is 1400. The molecule has 0 radical (unpaired) electrons. The van der Waals surface area contributed by atoms with Crippen LogP contribution >= 0.6 is 0 Å². The third-order valence-electron chi connectivity index (χ3n) is 5.22. The Hall–Kier alpha value is -4.25. The Morgan fingerprint density at radius 2 is 2.03 bits per heavy atom. The van der Waals surface area contributed by atoms with Gasteiger partial charge in [0.25, 0.3) is 11.5 Å². The molecule has 0 aliphatic carbocycles. The summed E-state index contributed by atoms with van der Waals surface area (Å²) in [5.74, 6) is -0.189. The number of hydrogen-bond acceptors (Lipinski definition) is 7. The number of rotatable bonds is 8. The number of carbonyl (C=O) groups is 1. The number of benzene rings is 1. The Balaban J connectivity index is 1.71. The number of aliphatic hydroxyl groups excluding tert-OH is 1. The molecule has 0 aliphatic rings. The number of aromatic nitrogens is 4. The van der Waals surface area contributed by atoms with Gasteiger partial charge in [0.05, 0.1) is 11.9 Å². The highest BCUT2D eigenvalue weighted by Crippen LogP contribution is 2.21. The second-order valence-corrected chi connectivity index (χ2v) is 7.74. The first-order valence-electron chi connectivity index (χ1n) is 10.6. The molecule has 176 valence electrons. The highest BCUT2D eigenvalue weighted by molar-refractivity contribution is 6.00. The van der Waals surface area contributed by atoms with E-state index in [2.05, 4.69) is 26.0 Å². The maximum atomic E-state index is 14.2. The Morgan fingerprint density at radius 3 is 2.76 bits per heavy atom. The monoisotopic (exact) mass is 465 g/mol. The predicted molar refractivity (Wildman–Crippen MR) is 126 cm³/mol. The second kappa shape index (κ2) is 9.71. The van der Waals surface area contributed by atoms with Crippen LogP contribution in [0.4, 0.5) is 21.7 Å². The summed E-state index contributed by atoms with van der Waals surface area (Å²) < 4.78 is 16.9. The number of para-hydroxylation sites is 1. The number of aliphatic hydroxyl groups is 1. The van der Waals surface area contributed by atoms with Gasteiger partial charge in [-0.05, 0) is 30.2 Å². The van der Waals surface area contributed by atoms with Gasteiger partial charge in [-0.25, -0.2) is 9.37 Å². The summed E-state index contributed by atoms with van der Waals surface area (Å²) in [6.45, 7) is 2.06. The molecule has 0 unspecified atom stereocenters. The summed E-state index contributed by atoms with van der Waals surface area (Å²) in [5.41, 5.74) is 0.343. The van der Waals surface area contributed by atoms with Crippen LogP contribution in [0.3, 0.4) is 0 Å². The van der Waals surface area contributed by atoms with Gasteiger partial charge in [-0.3, -0.25) is 14.2 Å². The standard InChI is InChI=1S/C23H24FN7O3/c1-14(13-32)11-26-22(33)15-12-27-31-20(25-2)10-19(29-21(15)31)28-17-7-5-9-30(23(17)34)18-8-4-3-6-16(18)24/h3-10,12,14,25,32H,11,13H2,1-2H3,(H,26,33)(H,28,29)/t14-/m1/s1. The summed E-state index contributed by atoms with van der Waals surface area (Å²) >= 11 is 0. The fraction of sp³-hybridized carbons (Fsp3) is 0.217. The highest BCUT2D eigenvalue weighted by Gasteiger charge is 2.18. The van der Waals surface area contributed by atoms with E-state index in [-0.39, 0.29) is 41.0 Å². The number of anilines is 3. The molecule has 0 saturated carbocycles. The largest absolute Gasteiger partial charge is 0.396 e. The summed E-state index contributed by atoms with van der Waals surface area (Å²) in [7, 11) is 1.69. The average molecular weight is 465 g/mol. The SMILES string of the molecule is CNc1cc(Nc2cccn(-c3ccccc3F)c2=O)nc2c(C(=O)NC[C@@H](C)CO)cnn12. The zero-order valence-electron chi connectivity index (χ0n) is 18.6. The normalized spacial score (nSPS) is 11.9. The highest BCUT2D eigenvalue weighted by atomic mass is 19.1. The van der Waals surface area contributed by atoms with Gasteiger partial charge in [-0.15, -0.1) is 0 Å². The quantitative estimate of drug-likeness (QED) is 0.314. The molecule has 0 bridgehead atoms. The lowest BCUT2D eigenvalue weighted by atomic mass is 10.2. The molecule has 3 aromatic heterocycles.